The van der Waals surface area contributed by atoms with Crippen LogP contribution in [0.2, 0.25) is 0 Å². The van der Waals surface area contributed by atoms with Crippen LogP contribution in [0.4, 0.5) is 5.69 Å². The zero-order chi connectivity index (χ0) is 11.7. The van der Waals surface area contributed by atoms with E-state index >= 15 is 0 Å². The number of nitrogen functional groups attached to an aromatic ring is 1. The van der Waals surface area contributed by atoms with Gasteiger partial charge in [0.2, 0.25) is 0 Å². The van der Waals surface area contributed by atoms with Crippen LogP contribution >= 0.6 is 27.3 Å². The summed E-state index contributed by atoms with van der Waals surface area (Å²) in [6.45, 7) is 2.39. The second-order valence-corrected chi connectivity index (χ2v) is 5.42. The van der Waals surface area contributed by atoms with E-state index in [1.165, 1.54) is 0 Å². The van der Waals surface area contributed by atoms with Gasteiger partial charge in [0.05, 0.1) is 12.2 Å². The molecule has 2 aromatic rings. The molecule has 0 aliphatic heterocycles. The molecule has 0 atom stereocenters. The van der Waals surface area contributed by atoms with Crippen molar-refractivity contribution in [2.75, 3.05) is 5.73 Å². The van der Waals surface area contributed by atoms with E-state index in [0.717, 1.165) is 14.9 Å². The second kappa shape index (κ2) is 4.43. The van der Waals surface area contributed by atoms with Crippen molar-refractivity contribution in [3.63, 3.8) is 0 Å². The first-order valence-electron chi connectivity index (χ1n) is 4.76. The van der Waals surface area contributed by atoms with Crippen LogP contribution in [0.3, 0.4) is 0 Å². The van der Waals surface area contributed by atoms with E-state index in [1.54, 1.807) is 28.2 Å². The van der Waals surface area contributed by atoms with E-state index in [2.05, 4.69) is 15.9 Å². The molecule has 84 valence electrons. The molecule has 0 saturated heterocycles. The molecule has 0 bridgehead atoms. The molecule has 2 rings (SSSR count). The lowest BCUT2D eigenvalue weighted by Crippen LogP contribution is -2.20. The van der Waals surface area contributed by atoms with Gasteiger partial charge < -0.3 is 10.3 Å². The fourth-order valence-corrected chi connectivity index (χ4v) is 2.88. The molecule has 0 aromatic carbocycles. The Balaban J connectivity index is 2.39. The Labute approximate surface area is 106 Å². The Hall–Kier alpha value is -1.07. The van der Waals surface area contributed by atoms with Crippen LogP contribution < -0.4 is 11.3 Å². The highest BCUT2D eigenvalue weighted by molar-refractivity contribution is 9.10. The molecule has 0 fully saturated rings. The summed E-state index contributed by atoms with van der Waals surface area (Å²) in [5, 5.41) is 1.99. The van der Waals surface area contributed by atoms with Gasteiger partial charge >= 0.3 is 0 Å². The number of nitrogens with zero attached hydrogens (tertiary/aromatic N) is 1. The van der Waals surface area contributed by atoms with Crippen LogP contribution in [0.5, 0.6) is 0 Å². The first-order valence-corrected chi connectivity index (χ1v) is 6.43. The molecule has 0 radical (unpaired) electrons. The average molecular weight is 299 g/mol. The summed E-state index contributed by atoms with van der Waals surface area (Å²) < 4.78 is 2.65. The predicted molar refractivity (Wildman–Crippen MR) is 71.0 cm³/mol. The van der Waals surface area contributed by atoms with Crippen molar-refractivity contribution >= 4 is 33.0 Å². The van der Waals surface area contributed by atoms with Crippen LogP contribution in [0.1, 0.15) is 10.4 Å². The number of pyridine rings is 1. The molecular weight excluding hydrogens is 288 g/mol. The number of aromatic nitrogens is 1. The molecule has 2 N–H and O–H groups in total. The number of hydrogen-bond acceptors (Lipinski definition) is 3. The monoisotopic (exact) mass is 298 g/mol. The quantitative estimate of drug-likeness (QED) is 0.926. The van der Waals surface area contributed by atoms with E-state index in [0.29, 0.717) is 12.2 Å². The Bertz CT molecular complexity index is 574. The Kier molecular flexibility index (Phi) is 3.16. The van der Waals surface area contributed by atoms with Crippen molar-refractivity contribution in [3.05, 3.63) is 49.0 Å². The van der Waals surface area contributed by atoms with Crippen LogP contribution in [0, 0.1) is 6.92 Å². The number of thiophene rings is 1. The lowest BCUT2D eigenvalue weighted by molar-refractivity contribution is 0.768. The van der Waals surface area contributed by atoms with E-state index < -0.39 is 0 Å². The van der Waals surface area contributed by atoms with Crippen LogP contribution in [-0.4, -0.2) is 4.57 Å². The van der Waals surface area contributed by atoms with Gasteiger partial charge in [0.15, 0.2) is 0 Å². The highest BCUT2D eigenvalue weighted by Gasteiger charge is 2.05. The van der Waals surface area contributed by atoms with Gasteiger partial charge in [-0.1, -0.05) is 0 Å². The molecule has 0 aliphatic rings. The van der Waals surface area contributed by atoms with Crippen molar-refractivity contribution in [2.45, 2.75) is 13.5 Å². The third-order valence-corrected chi connectivity index (χ3v) is 4.29. The Morgan fingerprint density at radius 2 is 2.31 bits per heavy atom. The van der Waals surface area contributed by atoms with Crippen molar-refractivity contribution in [2.24, 2.45) is 0 Å². The van der Waals surface area contributed by atoms with E-state index in [4.69, 9.17) is 5.73 Å². The van der Waals surface area contributed by atoms with Gasteiger partial charge in [-0.05, 0) is 39.9 Å². The number of halogens is 1. The molecule has 0 amide bonds. The molecule has 16 heavy (non-hydrogen) atoms. The molecule has 5 heteroatoms. The largest absolute Gasteiger partial charge is 0.397 e. The minimum Gasteiger partial charge on any atom is -0.397 e. The van der Waals surface area contributed by atoms with E-state index in [9.17, 15) is 4.79 Å². The summed E-state index contributed by atoms with van der Waals surface area (Å²) in [6.07, 6.45) is 1.70. The topological polar surface area (TPSA) is 48.0 Å². The summed E-state index contributed by atoms with van der Waals surface area (Å²) in [6, 6.07) is 3.54. The molecule has 0 saturated carbocycles. The molecule has 2 aromatic heterocycles. The summed E-state index contributed by atoms with van der Waals surface area (Å²) in [4.78, 5) is 12.8. The second-order valence-electron chi connectivity index (χ2n) is 3.57. The fraction of sp³-hybridized carbons (Fsp3) is 0.182. The number of rotatable bonds is 2. The lowest BCUT2D eigenvalue weighted by Gasteiger charge is -2.07. The van der Waals surface area contributed by atoms with E-state index in [-0.39, 0.29) is 5.56 Å². The summed E-state index contributed by atoms with van der Waals surface area (Å²) in [5.41, 5.74) is 7.24. The number of nitrogens with two attached hydrogens (primary N) is 1. The first kappa shape index (κ1) is 11.4. The number of hydrogen-bond donors (Lipinski definition) is 1. The van der Waals surface area contributed by atoms with E-state index in [1.807, 2.05) is 18.4 Å². The Morgan fingerprint density at radius 1 is 1.56 bits per heavy atom. The number of aryl methyl sites for hydroxylation is 1. The van der Waals surface area contributed by atoms with Crippen molar-refractivity contribution in [1.29, 1.82) is 0 Å². The van der Waals surface area contributed by atoms with Gasteiger partial charge in [0.25, 0.3) is 5.56 Å². The van der Waals surface area contributed by atoms with Crippen LogP contribution in [-0.2, 0) is 6.54 Å². The maximum Gasteiger partial charge on any atom is 0.251 e. The summed E-state index contributed by atoms with van der Waals surface area (Å²) in [7, 11) is 0. The SMILES string of the molecule is Cc1cc(=O)n(Cc2sccc2Br)cc1N. The van der Waals surface area contributed by atoms with Gasteiger partial charge in [-0.2, -0.15) is 0 Å². The predicted octanol–water partition coefficient (Wildman–Crippen LogP) is 2.61. The third kappa shape index (κ3) is 2.20. The lowest BCUT2D eigenvalue weighted by atomic mass is 10.2. The van der Waals surface area contributed by atoms with Crippen LogP contribution in [0.25, 0.3) is 0 Å². The Morgan fingerprint density at radius 3 is 2.94 bits per heavy atom. The minimum atomic E-state index is -0.0213. The van der Waals surface area contributed by atoms with Crippen molar-refractivity contribution in [1.82, 2.24) is 4.57 Å². The minimum absolute atomic E-state index is 0.0213. The summed E-state index contributed by atoms with van der Waals surface area (Å²) in [5.74, 6) is 0. The summed E-state index contributed by atoms with van der Waals surface area (Å²) >= 11 is 5.06. The smallest absolute Gasteiger partial charge is 0.251 e. The van der Waals surface area contributed by atoms with Gasteiger partial charge in [0.1, 0.15) is 0 Å². The zero-order valence-corrected chi connectivity index (χ0v) is 11.1. The standard InChI is InChI=1S/C11H11BrN2OS/c1-7-4-11(15)14(5-9(7)13)6-10-8(12)2-3-16-10/h2-5H,6,13H2,1H3. The van der Waals surface area contributed by atoms with Gasteiger partial charge in [-0.3, -0.25) is 4.79 Å². The van der Waals surface area contributed by atoms with Gasteiger partial charge in [-0.25, -0.2) is 0 Å². The average Bonchev–Trinajstić information content (AvgIpc) is 2.61. The fourth-order valence-electron chi connectivity index (χ4n) is 1.40. The highest BCUT2D eigenvalue weighted by atomic mass is 79.9. The van der Waals surface area contributed by atoms with Gasteiger partial charge in [0, 0.05) is 21.6 Å². The molecule has 0 aliphatic carbocycles. The molecule has 2 heterocycles. The van der Waals surface area contributed by atoms with Gasteiger partial charge in [-0.15, -0.1) is 11.3 Å². The van der Waals surface area contributed by atoms with Crippen molar-refractivity contribution < 1.29 is 0 Å². The molecule has 3 nitrogen and oxygen atoms in total. The molecule has 0 unspecified atom stereocenters. The molecule has 0 spiro atoms. The van der Waals surface area contributed by atoms with Crippen molar-refractivity contribution in [3.8, 4) is 0 Å². The van der Waals surface area contributed by atoms with Crippen LogP contribution in [0.15, 0.2) is 33.0 Å². The number of anilines is 1. The highest BCUT2D eigenvalue weighted by Crippen LogP contribution is 2.23. The molecular formula is C11H11BrN2OS. The maximum absolute atomic E-state index is 11.7. The normalized spacial score (nSPS) is 10.6. The third-order valence-electron chi connectivity index (χ3n) is 2.38. The zero-order valence-electron chi connectivity index (χ0n) is 8.74. The maximum atomic E-state index is 11.7. The first-order chi connectivity index (χ1) is 7.58.